The summed E-state index contributed by atoms with van der Waals surface area (Å²) in [4.78, 5) is 8.12. The van der Waals surface area contributed by atoms with Crippen molar-refractivity contribution in [2.45, 2.75) is 0 Å². The predicted octanol–water partition coefficient (Wildman–Crippen LogP) is 2.61. The molecule has 1 aromatic carbocycles. The number of hydrogen-bond acceptors (Lipinski definition) is 3. The quantitative estimate of drug-likeness (QED) is 0.779. The molecule has 1 radical (unpaired) electrons. The van der Waals surface area contributed by atoms with E-state index in [9.17, 15) is 0 Å². The molecule has 0 aliphatic carbocycles. The summed E-state index contributed by atoms with van der Waals surface area (Å²) in [6.45, 7) is 0. The van der Waals surface area contributed by atoms with Crippen LogP contribution in [0.5, 0.6) is 6.01 Å². The lowest BCUT2D eigenvalue weighted by molar-refractivity contribution is 0.380. The maximum Gasteiger partial charge on any atom is 0.316 e. The predicted molar refractivity (Wildman–Crippen MR) is 57.9 cm³/mol. The Morgan fingerprint density at radius 2 is 2.27 bits per heavy atom. The molecule has 4 heteroatoms. The summed E-state index contributed by atoms with van der Waals surface area (Å²) in [7, 11) is 1.53. The van der Waals surface area contributed by atoms with Crippen LogP contribution in [-0.4, -0.2) is 17.1 Å². The summed E-state index contributed by atoms with van der Waals surface area (Å²) in [5.41, 5.74) is 1.58. The van der Waals surface area contributed by atoms with Crippen molar-refractivity contribution in [2.24, 2.45) is 0 Å². The highest BCUT2D eigenvalue weighted by Crippen LogP contribution is 2.25. The molecule has 2 rings (SSSR count). The van der Waals surface area contributed by atoms with Crippen molar-refractivity contribution < 1.29 is 4.74 Å². The van der Waals surface area contributed by atoms with Crippen LogP contribution in [0.2, 0.25) is 5.02 Å². The maximum absolute atomic E-state index is 6.02. The van der Waals surface area contributed by atoms with Gasteiger partial charge in [-0.05, 0) is 18.2 Å². The first-order chi connectivity index (χ1) is 7.31. The van der Waals surface area contributed by atoms with Crippen molar-refractivity contribution in [1.29, 1.82) is 0 Å². The van der Waals surface area contributed by atoms with Gasteiger partial charge < -0.3 is 4.74 Å². The second-order valence-corrected chi connectivity index (χ2v) is 3.24. The molecule has 3 nitrogen and oxygen atoms in total. The number of hydrogen-bond donors (Lipinski definition) is 0. The van der Waals surface area contributed by atoms with Gasteiger partial charge in [0.1, 0.15) is 0 Å². The molecule has 0 aliphatic heterocycles. The zero-order valence-electron chi connectivity index (χ0n) is 8.07. The van der Waals surface area contributed by atoms with Crippen LogP contribution in [0.1, 0.15) is 0 Å². The van der Waals surface area contributed by atoms with Gasteiger partial charge in [0.15, 0.2) is 0 Å². The Bertz CT molecular complexity index is 474. The zero-order valence-corrected chi connectivity index (χ0v) is 8.82. The smallest absolute Gasteiger partial charge is 0.316 e. The van der Waals surface area contributed by atoms with Gasteiger partial charge in [0, 0.05) is 11.8 Å². The van der Waals surface area contributed by atoms with Crippen molar-refractivity contribution in [3.05, 3.63) is 41.6 Å². The van der Waals surface area contributed by atoms with Crippen LogP contribution in [0.3, 0.4) is 0 Å². The topological polar surface area (TPSA) is 35.0 Å². The molecule has 0 N–H and O–H groups in total. The lowest BCUT2D eigenvalue weighted by Crippen LogP contribution is -1.93. The first-order valence-corrected chi connectivity index (χ1v) is 4.72. The van der Waals surface area contributed by atoms with E-state index in [2.05, 4.69) is 16.0 Å². The van der Waals surface area contributed by atoms with E-state index in [4.69, 9.17) is 16.3 Å². The van der Waals surface area contributed by atoms with Crippen molar-refractivity contribution in [1.82, 2.24) is 9.97 Å². The lowest BCUT2D eigenvalue weighted by atomic mass is 10.1. The highest BCUT2D eigenvalue weighted by atomic mass is 35.5. The van der Waals surface area contributed by atoms with E-state index in [1.807, 2.05) is 6.07 Å². The summed E-state index contributed by atoms with van der Waals surface area (Å²) in [5, 5.41) is 0.609. The minimum Gasteiger partial charge on any atom is -0.467 e. The largest absolute Gasteiger partial charge is 0.467 e. The van der Waals surface area contributed by atoms with E-state index in [0.29, 0.717) is 11.0 Å². The zero-order chi connectivity index (χ0) is 10.7. The van der Waals surface area contributed by atoms with Crippen molar-refractivity contribution in [2.75, 3.05) is 7.11 Å². The van der Waals surface area contributed by atoms with Crippen LogP contribution in [0.4, 0.5) is 0 Å². The molecule has 0 bridgehead atoms. The molecule has 0 spiro atoms. The molecule has 0 fully saturated rings. The number of benzene rings is 1. The molecule has 0 amide bonds. The Hall–Kier alpha value is -1.61. The summed E-state index contributed by atoms with van der Waals surface area (Å²) in [5.74, 6) is 0. The van der Waals surface area contributed by atoms with E-state index in [1.165, 1.54) is 7.11 Å². The van der Waals surface area contributed by atoms with Gasteiger partial charge in [-0.25, -0.2) is 4.98 Å². The molecule has 1 heterocycles. The van der Waals surface area contributed by atoms with Crippen LogP contribution >= 0.6 is 11.6 Å². The molecular formula is C11H8ClN2O. The van der Waals surface area contributed by atoms with E-state index in [0.717, 1.165) is 11.3 Å². The monoisotopic (exact) mass is 219 g/mol. The number of aromatic nitrogens is 2. The van der Waals surface area contributed by atoms with Crippen molar-refractivity contribution in [3.8, 4) is 17.3 Å². The average Bonchev–Trinajstić information content (AvgIpc) is 2.30. The molecule has 2 aromatic rings. The Morgan fingerprint density at radius 1 is 1.40 bits per heavy atom. The maximum atomic E-state index is 6.02. The van der Waals surface area contributed by atoms with E-state index in [-0.39, 0.29) is 0 Å². The number of halogens is 1. The Kier molecular flexibility index (Phi) is 2.83. The fraction of sp³-hybridized carbons (Fsp3) is 0.0909. The van der Waals surface area contributed by atoms with Crippen LogP contribution in [0.15, 0.2) is 30.5 Å². The summed E-state index contributed by atoms with van der Waals surface area (Å²) in [6.07, 6.45) is 1.63. The molecule has 75 valence electrons. The van der Waals surface area contributed by atoms with Crippen molar-refractivity contribution in [3.63, 3.8) is 0 Å². The van der Waals surface area contributed by atoms with Crippen LogP contribution in [-0.2, 0) is 0 Å². The number of methoxy groups -OCH3 is 1. The van der Waals surface area contributed by atoms with E-state index < -0.39 is 0 Å². The molecular weight excluding hydrogens is 212 g/mol. The molecule has 0 aliphatic rings. The minimum absolute atomic E-state index is 0.330. The molecule has 1 aromatic heterocycles. The van der Waals surface area contributed by atoms with Gasteiger partial charge in [0.25, 0.3) is 0 Å². The van der Waals surface area contributed by atoms with Gasteiger partial charge in [0.05, 0.1) is 17.8 Å². The van der Waals surface area contributed by atoms with Gasteiger partial charge in [-0.1, -0.05) is 23.7 Å². The molecule has 0 unspecified atom stereocenters. The SMILES string of the molecule is COc1nccc(-c2cc[c]cc2Cl)n1. The molecule has 0 saturated carbocycles. The van der Waals surface area contributed by atoms with Gasteiger partial charge >= 0.3 is 6.01 Å². The second kappa shape index (κ2) is 4.28. The third kappa shape index (κ3) is 2.07. The Morgan fingerprint density at radius 3 is 3.00 bits per heavy atom. The average molecular weight is 220 g/mol. The van der Waals surface area contributed by atoms with Gasteiger partial charge in [0.2, 0.25) is 0 Å². The van der Waals surface area contributed by atoms with Crippen LogP contribution in [0, 0.1) is 6.07 Å². The van der Waals surface area contributed by atoms with Gasteiger partial charge in [-0.3, -0.25) is 0 Å². The first kappa shape index (κ1) is 9.93. The summed E-state index contributed by atoms with van der Waals surface area (Å²) < 4.78 is 4.94. The number of ether oxygens (including phenoxy) is 1. The molecule has 0 saturated heterocycles. The van der Waals surface area contributed by atoms with Gasteiger partial charge in [-0.2, -0.15) is 4.98 Å². The fourth-order valence-corrected chi connectivity index (χ4v) is 1.43. The van der Waals surface area contributed by atoms with Crippen LogP contribution < -0.4 is 4.74 Å². The van der Waals surface area contributed by atoms with Crippen LogP contribution in [0.25, 0.3) is 11.3 Å². The lowest BCUT2D eigenvalue weighted by Gasteiger charge is -2.03. The third-order valence-electron chi connectivity index (χ3n) is 1.91. The fourth-order valence-electron chi connectivity index (χ4n) is 1.21. The highest BCUT2D eigenvalue weighted by Gasteiger charge is 2.05. The van der Waals surface area contributed by atoms with Gasteiger partial charge in [-0.15, -0.1) is 0 Å². The minimum atomic E-state index is 0.330. The van der Waals surface area contributed by atoms with Crippen molar-refractivity contribution >= 4 is 11.6 Å². The standard InChI is InChI=1S/C11H8ClN2O/c1-15-11-13-7-6-10(14-11)8-4-2-3-5-9(8)12/h2,4-7H,1H3. The number of nitrogens with zero attached hydrogens (tertiary/aromatic N) is 2. The summed E-state index contributed by atoms with van der Waals surface area (Å²) >= 11 is 6.02. The second-order valence-electron chi connectivity index (χ2n) is 2.83. The van der Waals surface area contributed by atoms with E-state index >= 15 is 0 Å². The normalized spacial score (nSPS) is 10.0. The Labute approximate surface area is 92.7 Å². The highest BCUT2D eigenvalue weighted by molar-refractivity contribution is 6.33. The number of rotatable bonds is 2. The third-order valence-corrected chi connectivity index (χ3v) is 2.22. The summed E-state index contributed by atoms with van der Waals surface area (Å²) in [6, 6.07) is 10.3. The first-order valence-electron chi connectivity index (χ1n) is 4.34. The van der Waals surface area contributed by atoms with E-state index in [1.54, 1.807) is 24.4 Å². The Balaban J connectivity index is 2.49. The molecule has 0 atom stereocenters. The molecule has 15 heavy (non-hydrogen) atoms.